The molecule has 0 amide bonds. The van der Waals surface area contributed by atoms with Crippen LogP contribution in [0, 0.1) is 11.3 Å². The molecule has 0 saturated carbocycles. The van der Waals surface area contributed by atoms with Crippen molar-refractivity contribution in [3.05, 3.63) is 59.3 Å². The Morgan fingerprint density at radius 2 is 1.90 bits per heavy atom. The van der Waals surface area contributed by atoms with Crippen molar-refractivity contribution in [1.82, 2.24) is 15.6 Å². The number of aryl methyl sites for hydroxylation is 1. The Morgan fingerprint density at radius 1 is 1.10 bits per heavy atom. The van der Waals surface area contributed by atoms with Crippen LogP contribution in [0.3, 0.4) is 0 Å². The van der Waals surface area contributed by atoms with Gasteiger partial charge in [0.1, 0.15) is 11.5 Å². The van der Waals surface area contributed by atoms with Gasteiger partial charge in [-0.2, -0.15) is 5.26 Å². The van der Waals surface area contributed by atoms with Crippen LogP contribution in [-0.4, -0.2) is 38.3 Å². The summed E-state index contributed by atoms with van der Waals surface area (Å²) in [5, 5.41) is 16.6. The molecule has 0 aliphatic heterocycles. The van der Waals surface area contributed by atoms with Crippen LogP contribution < -0.4 is 20.1 Å². The van der Waals surface area contributed by atoms with E-state index < -0.39 is 0 Å². The molecule has 0 spiro atoms. The number of methoxy groups -OCH3 is 2. The second kappa shape index (κ2) is 10.9. The minimum Gasteiger partial charge on any atom is -0.497 e. The summed E-state index contributed by atoms with van der Waals surface area (Å²) in [6.45, 7) is 4.20. The molecule has 7 nitrogen and oxygen atoms in total. The molecule has 1 aromatic heterocycles. The molecule has 7 heteroatoms. The second-order valence-electron chi connectivity index (χ2n) is 7.12. The molecule has 0 unspecified atom stereocenters. The number of nitrogens with zero attached hydrogens (tertiary/aromatic N) is 2. The third-order valence-electron chi connectivity index (χ3n) is 4.95. The number of nitrogens with one attached hydrogen (secondary N) is 3. The molecular formula is C24H29N5O2. The van der Waals surface area contributed by atoms with E-state index in [1.54, 1.807) is 14.2 Å². The number of hydrogen-bond acceptors (Lipinski definition) is 4. The van der Waals surface area contributed by atoms with Gasteiger partial charge in [0.25, 0.3) is 0 Å². The fourth-order valence-electron chi connectivity index (χ4n) is 3.34. The van der Waals surface area contributed by atoms with Gasteiger partial charge in [0, 0.05) is 36.3 Å². The first-order valence-electron chi connectivity index (χ1n) is 10.4. The predicted molar refractivity (Wildman–Crippen MR) is 124 cm³/mol. The molecule has 162 valence electrons. The van der Waals surface area contributed by atoms with Crippen molar-refractivity contribution < 1.29 is 9.47 Å². The molecule has 3 rings (SSSR count). The van der Waals surface area contributed by atoms with Crippen molar-refractivity contribution in [3.8, 4) is 17.6 Å². The molecule has 0 bridgehead atoms. The Kier molecular flexibility index (Phi) is 7.77. The molecule has 0 aliphatic rings. The Morgan fingerprint density at radius 3 is 2.58 bits per heavy atom. The van der Waals surface area contributed by atoms with Crippen molar-refractivity contribution in [2.24, 2.45) is 4.99 Å². The van der Waals surface area contributed by atoms with Crippen molar-refractivity contribution in [3.63, 3.8) is 0 Å². The molecule has 3 aromatic rings. The first kappa shape index (κ1) is 22.0. The summed E-state index contributed by atoms with van der Waals surface area (Å²) in [5.41, 5.74) is 3.89. The van der Waals surface area contributed by atoms with Gasteiger partial charge in [0.05, 0.1) is 37.9 Å². The maximum Gasteiger partial charge on any atom is 0.191 e. The monoisotopic (exact) mass is 419 g/mol. The Balaban J connectivity index is 1.55. The number of H-pyrrole nitrogens is 1. The van der Waals surface area contributed by atoms with Gasteiger partial charge in [0.2, 0.25) is 0 Å². The normalized spacial score (nSPS) is 11.2. The lowest BCUT2D eigenvalue weighted by atomic mass is 10.1. The summed E-state index contributed by atoms with van der Waals surface area (Å²) in [5.74, 6) is 2.36. The number of nitriles is 1. The van der Waals surface area contributed by atoms with Gasteiger partial charge in [-0.25, -0.2) is 4.99 Å². The largest absolute Gasteiger partial charge is 0.497 e. The van der Waals surface area contributed by atoms with Gasteiger partial charge in [0.15, 0.2) is 5.96 Å². The van der Waals surface area contributed by atoms with Gasteiger partial charge in [-0.05, 0) is 43.5 Å². The highest BCUT2D eigenvalue weighted by atomic mass is 16.5. The van der Waals surface area contributed by atoms with Gasteiger partial charge >= 0.3 is 0 Å². The number of aliphatic imine (C=N–C) groups is 1. The zero-order chi connectivity index (χ0) is 22.1. The highest BCUT2D eigenvalue weighted by Crippen LogP contribution is 2.31. The van der Waals surface area contributed by atoms with E-state index in [4.69, 9.17) is 14.7 Å². The number of aromatic amines is 1. The van der Waals surface area contributed by atoms with E-state index in [1.165, 1.54) is 0 Å². The van der Waals surface area contributed by atoms with Crippen LogP contribution >= 0.6 is 0 Å². The van der Waals surface area contributed by atoms with E-state index in [0.717, 1.165) is 65.6 Å². The molecule has 3 N–H and O–H groups in total. The summed E-state index contributed by atoms with van der Waals surface area (Å²) in [6, 6.07) is 15.7. The molecule has 0 aliphatic carbocycles. The van der Waals surface area contributed by atoms with Crippen LogP contribution in [0.2, 0.25) is 0 Å². The zero-order valence-corrected chi connectivity index (χ0v) is 18.3. The highest BCUT2D eigenvalue weighted by Gasteiger charge is 2.09. The van der Waals surface area contributed by atoms with E-state index in [2.05, 4.69) is 32.7 Å². The minimum absolute atomic E-state index is 0.560. The summed E-state index contributed by atoms with van der Waals surface area (Å²) in [4.78, 5) is 8.09. The van der Waals surface area contributed by atoms with Crippen LogP contribution in [-0.2, 0) is 13.0 Å². The number of hydrogen-bond donors (Lipinski definition) is 3. The van der Waals surface area contributed by atoms with Crippen LogP contribution in [0.15, 0.2) is 47.5 Å². The Labute approximate surface area is 183 Å². The number of rotatable bonds is 9. The predicted octanol–water partition coefficient (Wildman–Crippen LogP) is 3.74. The molecule has 0 fully saturated rings. The fourth-order valence-corrected chi connectivity index (χ4v) is 3.34. The Bertz CT molecular complexity index is 1060. The third-order valence-corrected chi connectivity index (χ3v) is 4.95. The van der Waals surface area contributed by atoms with E-state index in [0.29, 0.717) is 12.1 Å². The molecule has 2 aromatic carbocycles. The van der Waals surface area contributed by atoms with Crippen molar-refractivity contribution >= 4 is 16.9 Å². The minimum atomic E-state index is 0.560. The van der Waals surface area contributed by atoms with Crippen LogP contribution in [0.5, 0.6) is 11.5 Å². The molecule has 0 radical (unpaired) electrons. The third kappa shape index (κ3) is 5.92. The van der Waals surface area contributed by atoms with Crippen molar-refractivity contribution in [2.75, 3.05) is 27.3 Å². The summed E-state index contributed by atoms with van der Waals surface area (Å²) in [7, 11) is 3.32. The number of ether oxygens (including phenoxy) is 2. The second-order valence-corrected chi connectivity index (χ2v) is 7.12. The van der Waals surface area contributed by atoms with Gasteiger partial charge in [-0.1, -0.05) is 12.1 Å². The quantitative estimate of drug-likeness (QED) is 0.279. The number of aromatic nitrogens is 1. The molecule has 1 heterocycles. The lowest BCUT2D eigenvalue weighted by Crippen LogP contribution is -2.37. The zero-order valence-electron chi connectivity index (χ0n) is 18.3. The van der Waals surface area contributed by atoms with E-state index in [1.807, 2.05) is 43.3 Å². The van der Waals surface area contributed by atoms with Crippen molar-refractivity contribution in [1.29, 1.82) is 5.26 Å². The fraction of sp³-hybridized carbons (Fsp3) is 0.333. The average Bonchev–Trinajstić information content (AvgIpc) is 3.22. The van der Waals surface area contributed by atoms with Crippen LogP contribution in [0.4, 0.5) is 0 Å². The summed E-state index contributed by atoms with van der Waals surface area (Å²) < 4.78 is 10.8. The smallest absolute Gasteiger partial charge is 0.191 e. The van der Waals surface area contributed by atoms with E-state index in [-0.39, 0.29) is 0 Å². The maximum atomic E-state index is 8.90. The molecule has 0 saturated heterocycles. The van der Waals surface area contributed by atoms with E-state index >= 15 is 0 Å². The summed E-state index contributed by atoms with van der Waals surface area (Å²) >= 11 is 0. The first-order valence-corrected chi connectivity index (χ1v) is 10.4. The lowest BCUT2D eigenvalue weighted by Gasteiger charge is -2.11. The lowest BCUT2D eigenvalue weighted by molar-refractivity contribution is 0.398. The van der Waals surface area contributed by atoms with Crippen molar-refractivity contribution in [2.45, 2.75) is 26.3 Å². The van der Waals surface area contributed by atoms with E-state index in [9.17, 15) is 0 Å². The average molecular weight is 420 g/mol. The molecular weight excluding hydrogens is 390 g/mol. The van der Waals surface area contributed by atoms with Gasteiger partial charge in [-0.15, -0.1) is 0 Å². The summed E-state index contributed by atoms with van der Waals surface area (Å²) in [6.07, 6.45) is 1.86. The first-order chi connectivity index (χ1) is 15.2. The SMILES string of the molecule is CCNC(=NCc1ccc(C#N)cc1)NCCCc1cc2c(OC)cc(OC)cc2[nH]1. The number of fused-ring (bicyclic) bond motifs is 1. The molecule has 31 heavy (non-hydrogen) atoms. The highest BCUT2D eigenvalue weighted by molar-refractivity contribution is 5.88. The number of guanidine groups is 1. The topological polar surface area (TPSA) is 94.5 Å². The number of benzene rings is 2. The Hall–Kier alpha value is -3.66. The van der Waals surface area contributed by atoms with Gasteiger partial charge < -0.3 is 25.1 Å². The van der Waals surface area contributed by atoms with Gasteiger partial charge in [-0.3, -0.25) is 0 Å². The van der Waals surface area contributed by atoms with Crippen LogP contribution in [0.1, 0.15) is 30.2 Å². The molecule has 0 atom stereocenters. The standard InChI is InChI=1S/C24H29N5O2/c1-4-26-24(28-16-18-9-7-17(15-25)8-10-18)27-11-5-6-19-12-21-22(29-19)13-20(30-2)14-23(21)31-3/h7-10,12-14,29H,4-6,11,16H2,1-3H3,(H2,26,27,28). The maximum absolute atomic E-state index is 8.90. The van der Waals surface area contributed by atoms with Crippen LogP contribution in [0.25, 0.3) is 10.9 Å².